The number of benzene rings is 1. The van der Waals surface area contributed by atoms with Crippen LogP contribution in [0.4, 0.5) is 5.82 Å². The molecule has 0 atom stereocenters. The predicted octanol–water partition coefficient (Wildman–Crippen LogP) is 3.40. The number of hydrogen-bond acceptors (Lipinski definition) is 6. The van der Waals surface area contributed by atoms with Crippen molar-refractivity contribution in [1.29, 1.82) is 0 Å². The Labute approximate surface area is 158 Å². The molecule has 2 aromatic heterocycles. The Morgan fingerprint density at radius 1 is 1.19 bits per heavy atom. The average molecular weight is 362 g/mol. The molecule has 138 valence electrons. The lowest BCUT2D eigenvalue weighted by molar-refractivity contribution is 0.373. The van der Waals surface area contributed by atoms with E-state index in [1.165, 1.54) is 5.56 Å². The van der Waals surface area contributed by atoms with Crippen LogP contribution < -0.4 is 10.1 Å². The highest BCUT2D eigenvalue weighted by atomic mass is 16.5. The second-order valence-corrected chi connectivity index (χ2v) is 6.60. The molecule has 0 aliphatic heterocycles. The molecule has 0 fully saturated rings. The van der Waals surface area contributed by atoms with E-state index in [-0.39, 0.29) is 5.75 Å². The van der Waals surface area contributed by atoms with Crippen molar-refractivity contribution in [1.82, 2.24) is 15.0 Å². The minimum atomic E-state index is 0.156. The van der Waals surface area contributed by atoms with E-state index in [1.54, 1.807) is 25.6 Å². The van der Waals surface area contributed by atoms with Crippen molar-refractivity contribution in [2.45, 2.75) is 25.7 Å². The van der Waals surface area contributed by atoms with E-state index in [4.69, 9.17) is 14.7 Å². The van der Waals surface area contributed by atoms with Crippen LogP contribution >= 0.6 is 0 Å². The van der Waals surface area contributed by atoms with Crippen molar-refractivity contribution >= 4 is 5.82 Å². The highest BCUT2D eigenvalue weighted by Gasteiger charge is 2.19. The van der Waals surface area contributed by atoms with Crippen molar-refractivity contribution in [2.75, 3.05) is 19.0 Å². The van der Waals surface area contributed by atoms with Gasteiger partial charge in [0.1, 0.15) is 5.82 Å². The van der Waals surface area contributed by atoms with Crippen LogP contribution in [0.5, 0.6) is 11.5 Å². The second kappa shape index (κ2) is 7.61. The zero-order valence-corrected chi connectivity index (χ0v) is 15.3. The molecular formula is C21H22N4O2. The summed E-state index contributed by atoms with van der Waals surface area (Å²) in [6.45, 7) is 0.740. The summed E-state index contributed by atoms with van der Waals surface area (Å²) in [7, 11) is 1.56. The molecule has 27 heavy (non-hydrogen) atoms. The number of nitrogens with zero attached hydrogens (tertiary/aromatic N) is 3. The Hall–Kier alpha value is -3.15. The normalized spacial score (nSPS) is 12.6. The molecule has 4 rings (SSSR count). The number of methoxy groups -OCH3 is 1. The molecule has 0 saturated carbocycles. The first kappa shape index (κ1) is 17.3. The van der Waals surface area contributed by atoms with Gasteiger partial charge >= 0.3 is 0 Å². The Balaban J connectivity index is 1.53. The standard InChI is InChI=1S/C21H22N4O2/c1-27-19-12-14(7-8-18(19)26)9-11-23-21-16-5-2-6-17(16)24-20(25-21)15-4-3-10-22-13-15/h3-4,7-8,10,12-13,26H,2,5-6,9,11H2,1H3,(H,23,24,25). The largest absolute Gasteiger partial charge is 0.504 e. The minimum absolute atomic E-state index is 0.156. The van der Waals surface area contributed by atoms with Crippen molar-refractivity contribution < 1.29 is 9.84 Å². The molecule has 3 aromatic rings. The Kier molecular flexibility index (Phi) is 4.87. The van der Waals surface area contributed by atoms with E-state index >= 15 is 0 Å². The molecule has 0 unspecified atom stereocenters. The fourth-order valence-corrected chi connectivity index (χ4v) is 3.41. The second-order valence-electron chi connectivity index (χ2n) is 6.60. The molecule has 2 N–H and O–H groups in total. The van der Waals surface area contributed by atoms with E-state index in [0.717, 1.165) is 60.7 Å². The summed E-state index contributed by atoms with van der Waals surface area (Å²) in [5.74, 6) is 2.29. The van der Waals surface area contributed by atoms with Crippen molar-refractivity contribution in [2.24, 2.45) is 0 Å². The molecular weight excluding hydrogens is 340 g/mol. The third-order valence-electron chi connectivity index (χ3n) is 4.80. The SMILES string of the molecule is COc1cc(CCNc2nc(-c3cccnc3)nc3c2CCC3)ccc1O. The third-order valence-corrected chi connectivity index (χ3v) is 4.80. The lowest BCUT2D eigenvalue weighted by Crippen LogP contribution is -2.10. The molecule has 6 nitrogen and oxygen atoms in total. The van der Waals surface area contributed by atoms with Gasteiger partial charge in [0.2, 0.25) is 0 Å². The van der Waals surface area contributed by atoms with Crippen LogP contribution in [0, 0.1) is 0 Å². The van der Waals surface area contributed by atoms with E-state index in [2.05, 4.69) is 10.3 Å². The lowest BCUT2D eigenvalue weighted by atomic mass is 10.1. The Bertz CT molecular complexity index is 944. The van der Waals surface area contributed by atoms with E-state index in [0.29, 0.717) is 5.75 Å². The molecule has 0 amide bonds. The number of aromatic hydroxyl groups is 1. The summed E-state index contributed by atoms with van der Waals surface area (Å²) in [6, 6.07) is 9.32. The monoisotopic (exact) mass is 362 g/mol. The number of phenolic OH excluding ortho intramolecular Hbond substituents is 1. The number of pyridine rings is 1. The van der Waals surface area contributed by atoms with Gasteiger partial charge in [-0.3, -0.25) is 4.98 Å². The lowest BCUT2D eigenvalue weighted by Gasteiger charge is -2.13. The maximum absolute atomic E-state index is 9.72. The first-order chi connectivity index (χ1) is 13.2. The number of phenols is 1. The molecule has 1 aliphatic carbocycles. The Morgan fingerprint density at radius 2 is 2.11 bits per heavy atom. The maximum Gasteiger partial charge on any atom is 0.163 e. The number of nitrogens with one attached hydrogen (secondary N) is 1. The molecule has 0 spiro atoms. The summed E-state index contributed by atoms with van der Waals surface area (Å²) in [5.41, 5.74) is 4.39. The van der Waals surface area contributed by atoms with Crippen molar-refractivity contribution in [3.63, 3.8) is 0 Å². The van der Waals surface area contributed by atoms with Crippen LogP contribution in [0.3, 0.4) is 0 Å². The summed E-state index contributed by atoms with van der Waals surface area (Å²) < 4.78 is 5.18. The van der Waals surface area contributed by atoms with Gasteiger partial charge in [-0.2, -0.15) is 0 Å². The summed E-state index contributed by atoms with van der Waals surface area (Å²) in [6.07, 6.45) is 7.47. The van der Waals surface area contributed by atoms with Gasteiger partial charge in [-0.25, -0.2) is 9.97 Å². The average Bonchev–Trinajstić information content (AvgIpc) is 3.19. The third kappa shape index (κ3) is 3.69. The van der Waals surface area contributed by atoms with Gasteiger partial charge in [0, 0.05) is 35.8 Å². The van der Waals surface area contributed by atoms with E-state index in [1.807, 2.05) is 24.3 Å². The predicted molar refractivity (Wildman–Crippen MR) is 104 cm³/mol. The maximum atomic E-state index is 9.72. The minimum Gasteiger partial charge on any atom is -0.504 e. The highest BCUT2D eigenvalue weighted by Crippen LogP contribution is 2.29. The van der Waals surface area contributed by atoms with Crippen molar-refractivity contribution in [3.05, 3.63) is 59.5 Å². The van der Waals surface area contributed by atoms with Crippen LogP contribution in [-0.4, -0.2) is 33.7 Å². The van der Waals surface area contributed by atoms with Crippen LogP contribution in [0.2, 0.25) is 0 Å². The van der Waals surface area contributed by atoms with Crippen LogP contribution in [-0.2, 0) is 19.3 Å². The molecule has 0 radical (unpaired) electrons. The van der Waals surface area contributed by atoms with E-state index in [9.17, 15) is 5.11 Å². The topological polar surface area (TPSA) is 80.2 Å². The molecule has 1 aliphatic rings. The highest BCUT2D eigenvalue weighted by molar-refractivity contribution is 5.60. The zero-order chi connectivity index (χ0) is 18.6. The molecule has 2 heterocycles. The van der Waals surface area contributed by atoms with Gasteiger partial charge in [-0.15, -0.1) is 0 Å². The first-order valence-corrected chi connectivity index (χ1v) is 9.14. The van der Waals surface area contributed by atoms with Gasteiger partial charge < -0.3 is 15.2 Å². The Morgan fingerprint density at radius 3 is 2.93 bits per heavy atom. The number of aromatic nitrogens is 3. The summed E-state index contributed by atoms with van der Waals surface area (Å²) in [4.78, 5) is 13.7. The first-order valence-electron chi connectivity index (χ1n) is 9.14. The number of anilines is 1. The molecule has 6 heteroatoms. The smallest absolute Gasteiger partial charge is 0.163 e. The number of hydrogen-bond donors (Lipinski definition) is 2. The van der Waals surface area contributed by atoms with Gasteiger partial charge in [0.15, 0.2) is 17.3 Å². The summed E-state index contributed by atoms with van der Waals surface area (Å²) in [5, 5.41) is 13.2. The van der Waals surface area contributed by atoms with Crippen LogP contribution in [0.1, 0.15) is 23.2 Å². The van der Waals surface area contributed by atoms with Crippen molar-refractivity contribution in [3.8, 4) is 22.9 Å². The number of fused-ring (bicyclic) bond motifs is 1. The van der Waals surface area contributed by atoms with Gasteiger partial charge in [-0.05, 0) is 55.5 Å². The molecule has 1 aromatic carbocycles. The molecule has 0 saturated heterocycles. The van der Waals surface area contributed by atoms with Crippen LogP contribution in [0.15, 0.2) is 42.7 Å². The molecule has 0 bridgehead atoms. The fraction of sp³-hybridized carbons (Fsp3) is 0.286. The fourth-order valence-electron chi connectivity index (χ4n) is 3.41. The zero-order valence-electron chi connectivity index (χ0n) is 15.3. The number of rotatable bonds is 6. The number of aryl methyl sites for hydroxylation is 1. The summed E-state index contributed by atoms with van der Waals surface area (Å²) >= 11 is 0. The number of ether oxygens (including phenoxy) is 1. The quantitative estimate of drug-likeness (QED) is 0.700. The van der Waals surface area contributed by atoms with E-state index < -0.39 is 0 Å². The van der Waals surface area contributed by atoms with Gasteiger partial charge in [0.25, 0.3) is 0 Å². The van der Waals surface area contributed by atoms with Gasteiger partial charge in [0.05, 0.1) is 7.11 Å². The van der Waals surface area contributed by atoms with Crippen LogP contribution in [0.25, 0.3) is 11.4 Å². The van der Waals surface area contributed by atoms with Gasteiger partial charge in [-0.1, -0.05) is 6.07 Å².